The van der Waals surface area contributed by atoms with E-state index in [9.17, 15) is 0 Å². The number of fused-ring (bicyclic) bond motifs is 2. The summed E-state index contributed by atoms with van der Waals surface area (Å²) in [5, 5.41) is 0. The third kappa shape index (κ3) is 3.60. The molecule has 0 aromatic heterocycles. The molecule has 3 aromatic rings. The van der Waals surface area contributed by atoms with Crippen molar-refractivity contribution in [1.29, 1.82) is 0 Å². The molecule has 2 saturated heterocycles. The van der Waals surface area contributed by atoms with Crippen LogP contribution in [0.25, 0.3) is 0 Å². The van der Waals surface area contributed by atoms with Crippen molar-refractivity contribution in [3.63, 3.8) is 0 Å². The minimum absolute atomic E-state index is 0.194. The number of aryl methyl sites for hydroxylation is 3. The van der Waals surface area contributed by atoms with Crippen LogP contribution in [0, 0.1) is 20.8 Å². The average Bonchev–Trinajstić information content (AvgIpc) is 3.52. The Kier molecular flexibility index (Phi) is 5.12. The van der Waals surface area contributed by atoms with E-state index in [0.717, 1.165) is 37.7 Å². The highest BCUT2D eigenvalue weighted by molar-refractivity contribution is 6.97. The van der Waals surface area contributed by atoms with E-state index >= 15 is 0 Å². The van der Waals surface area contributed by atoms with E-state index in [-0.39, 0.29) is 6.71 Å². The zero-order valence-corrected chi connectivity index (χ0v) is 20.2. The molecule has 4 heteroatoms. The summed E-state index contributed by atoms with van der Waals surface area (Å²) in [6.45, 7) is 11.5. The molecular weight excluding hydrogens is 403 g/mol. The van der Waals surface area contributed by atoms with E-state index in [2.05, 4.69) is 79.1 Å². The number of nitrogens with zero attached hydrogens (tertiary/aromatic N) is 2. The fraction of sp³-hybridized carbons (Fsp3) is 0.379. The van der Waals surface area contributed by atoms with Crippen LogP contribution in [-0.2, 0) is 0 Å². The summed E-state index contributed by atoms with van der Waals surface area (Å²) < 4.78 is 6.61. The van der Waals surface area contributed by atoms with Gasteiger partial charge in [0.15, 0.2) is 0 Å². The maximum atomic E-state index is 6.61. The first-order valence-electron chi connectivity index (χ1n) is 12.6. The van der Waals surface area contributed by atoms with Gasteiger partial charge >= 0.3 is 0 Å². The molecular formula is C29H33BN2O. The summed E-state index contributed by atoms with van der Waals surface area (Å²) in [7, 11) is 0. The number of hydrogen-bond acceptors (Lipinski definition) is 3. The van der Waals surface area contributed by atoms with Gasteiger partial charge in [-0.05, 0) is 81.6 Å². The fourth-order valence-corrected chi connectivity index (χ4v) is 6.29. The monoisotopic (exact) mass is 436 g/mol. The molecule has 2 fully saturated rings. The minimum atomic E-state index is 0.194. The van der Waals surface area contributed by atoms with E-state index in [1.54, 1.807) is 0 Å². The first kappa shape index (κ1) is 20.7. The molecule has 6 rings (SSSR count). The van der Waals surface area contributed by atoms with Crippen molar-refractivity contribution in [3.8, 4) is 11.5 Å². The second-order valence-electron chi connectivity index (χ2n) is 10.2. The van der Waals surface area contributed by atoms with Gasteiger partial charge in [0.1, 0.15) is 11.5 Å². The Hall–Kier alpha value is -2.88. The Morgan fingerprint density at radius 2 is 1.21 bits per heavy atom. The number of hydrogen-bond donors (Lipinski definition) is 0. The third-order valence-electron chi connectivity index (χ3n) is 7.80. The van der Waals surface area contributed by atoms with Gasteiger partial charge in [-0.2, -0.15) is 0 Å². The molecule has 3 aliphatic rings. The number of ether oxygens (including phenoxy) is 1. The van der Waals surface area contributed by atoms with E-state index in [4.69, 9.17) is 4.74 Å². The van der Waals surface area contributed by atoms with Gasteiger partial charge in [0.2, 0.25) is 0 Å². The van der Waals surface area contributed by atoms with Crippen LogP contribution in [0.5, 0.6) is 11.5 Å². The van der Waals surface area contributed by atoms with Crippen molar-refractivity contribution in [3.05, 3.63) is 65.2 Å². The number of benzene rings is 3. The highest BCUT2D eigenvalue weighted by Crippen LogP contribution is 2.32. The first-order chi connectivity index (χ1) is 16.1. The number of anilines is 2. The Labute approximate surface area is 198 Å². The Morgan fingerprint density at radius 3 is 1.85 bits per heavy atom. The fourth-order valence-electron chi connectivity index (χ4n) is 6.29. The molecule has 0 bridgehead atoms. The lowest BCUT2D eigenvalue weighted by Crippen LogP contribution is -2.56. The second-order valence-corrected chi connectivity index (χ2v) is 10.2. The van der Waals surface area contributed by atoms with Crippen LogP contribution in [0.2, 0.25) is 0 Å². The van der Waals surface area contributed by atoms with E-state index < -0.39 is 0 Å². The van der Waals surface area contributed by atoms with Crippen molar-refractivity contribution >= 4 is 34.5 Å². The highest BCUT2D eigenvalue weighted by atomic mass is 16.5. The molecule has 0 amide bonds. The normalized spacial score (nSPS) is 17.2. The zero-order valence-electron chi connectivity index (χ0n) is 20.2. The van der Waals surface area contributed by atoms with Gasteiger partial charge in [-0.25, -0.2) is 0 Å². The van der Waals surface area contributed by atoms with Crippen LogP contribution in [0.1, 0.15) is 42.4 Å². The molecule has 33 heavy (non-hydrogen) atoms. The second kappa shape index (κ2) is 8.16. The molecule has 0 atom stereocenters. The summed E-state index contributed by atoms with van der Waals surface area (Å²) in [6.07, 6.45) is 5.14. The lowest BCUT2D eigenvalue weighted by Gasteiger charge is -2.31. The lowest BCUT2D eigenvalue weighted by atomic mass is 9.34. The molecule has 0 aliphatic carbocycles. The first-order valence-corrected chi connectivity index (χ1v) is 12.6. The van der Waals surface area contributed by atoms with E-state index in [1.165, 1.54) is 70.1 Å². The van der Waals surface area contributed by atoms with Crippen LogP contribution < -0.4 is 30.9 Å². The van der Waals surface area contributed by atoms with Crippen molar-refractivity contribution in [2.24, 2.45) is 0 Å². The van der Waals surface area contributed by atoms with Crippen LogP contribution in [0.3, 0.4) is 0 Å². The largest absolute Gasteiger partial charge is 0.458 e. The quantitative estimate of drug-likeness (QED) is 0.442. The lowest BCUT2D eigenvalue weighted by molar-refractivity contribution is 0.487. The summed E-state index contributed by atoms with van der Waals surface area (Å²) in [5.41, 5.74) is 10.7. The molecule has 0 saturated carbocycles. The van der Waals surface area contributed by atoms with Crippen LogP contribution in [0.15, 0.2) is 48.5 Å². The average molecular weight is 436 g/mol. The van der Waals surface area contributed by atoms with Crippen molar-refractivity contribution in [1.82, 2.24) is 0 Å². The molecule has 168 valence electrons. The summed E-state index contributed by atoms with van der Waals surface area (Å²) >= 11 is 0. The molecule has 3 heterocycles. The Bertz CT molecular complexity index is 1190. The predicted molar refractivity (Wildman–Crippen MR) is 141 cm³/mol. The molecule has 0 radical (unpaired) electrons. The van der Waals surface area contributed by atoms with Gasteiger partial charge in [-0.3, -0.25) is 0 Å². The van der Waals surface area contributed by atoms with Gasteiger partial charge in [0.05, 0.1) is 0 Å². The number of rotatable bonds is 3. The summed E-state index contributed by atoms with van der Waals surface area (Å²) in [5.74, 6) is 2.03. The van der Waals surface area contributed by atoms with Gasteiger partial charge < -0.3 is 14.5 Å². The predicted octanol–water partition coefficient (Wildman–Crippen LogP) is 4.43. The van der Waals surface area contributed by atoms with Crippen LogP contribution in [0.4, 0.5) is 11.4 Å². The van der Waals surface area contributed by atoms with Gasteiger partial charge in [0, 0.05) is 43.6 Å². The van der Waals surface area contributed by atoms with Gasteiger partial charge in [-0.1, -0.05) is 40.4 Å². The maximum absolute atomic E-state index is 6.61. The molecule has 0 N–H and O–H groups in total. The third-order valence-corrected chi connectivity index (χ3v) is 7.80. The Balaban J connectivity index is 1.52. The van der Waals surface area contributed by atoms with Crippen molar-refractivity contribution in [2.45, 2.75) is 46.5 Å². The zero-order chi connectivity index (χ0) is 22.5. The standard InChI is InChI=1S/C29H33BN2O/c1-20-16-21(2)29(22(3)17-20)30-25-10-8-24(32-14-6-7-15-32)19-28(25)33-27-11-9-23(18-26(27)30)31-12-4-5-13-31/h8-11,16-19H,4-7,12-15H2,1-3H3. The molecule has 3 aromatic carbocycles. The molecule has 3 nitrogen and oxygen atoms in total. The topological polar surface area (TPSA) is 15.7 Å². The van der Waals surface area contributed by atoms with Gasteiger partial charge in [-0.15, -0.1) is 0 Å². The Morgan fingerprint density at radius 1 is 0.636 bits per heavy atom. The summed E-state index contributed by atoms with van der Waals surface area (Å²) in [6, 6.07) is 18.5. The van der Waals surface area contributed by atoms with Gasteiger partial charge in [0.25, 0.3) is 6.71 Å². The minimum Gasteiger partial charge on any atom is -0.458 e. The summed E-state index contributed by atoms with van der Waals surface area (Å²) in [4.78, 5) is 5.02. The SMILES string of the molecule is Cc1cc(C)c(B2c3ccc(N4CCCC4)cc3Oc3ccc(N4CCCC4)cc32)c(C)c1. The maximum Gasteiger partial charge on any atom is 0.251 e. The smallest absolute Gasteiger partial charge is 0.251 e. The molecule has 0 unspecified atom stereocenters. The highest BCUT2D eigenvalue weighted by Gasteiger charge is 2.35. The van der Waals surface area contributed by atoms with E-state index in [1.807, 2.05) is 0 Å². The van der Waals surface area contributed by atoms with Crippen molar-refractivity contribution in [2.75, 3.05) is 36.0 Å². The molecule has 0 spiro atoms. The van der Waals surface area contributed by atoms with Crippen LogP contribution in [-0.4, -0.2) is 32.9 Å². The van der Waals surface area contributed by atoms with Crippen molar-refractivity contribution < 1.29 is 4.74 Å². The van der Waals surface area contributed by atoms with Crippen LogP contribution >= 0.6 is 0 Å². The molecule has 3 aliphatic heterocycles. The van der Waals surface area contributed by atoms with E-state index in [0.29, 0.717) is 0 Å².